The first-order valence-electron chi connectivity index (χ1n) is 9.77. The van der Waals surface area contributed by atoms with Gasteiger partial charge in [0.25, 0.3) is 0 Å². The molecule has 0 saturated carbocycles. The van der Waals surface area contributed by atoms with Crippen LogP contribution in [-0.2, 0) is 4.84 Å². The number of ether oxygens (including phenoxy) is 1. The molecule has 4 rings (SSSR count). The van der Waals surface area contributed by atoms with Crippen LogP contribution in [0.1, 0.15) is 20.8 Å². The average molecular weight is 407 g/mol. The first-order valence-corrected chi connectivity index (χ1v) is 9.77. The number of rotatable bonds is 6. The van der Waals surface area contributed by atoms with Gasteiger partial charge in [-0.3, -0.25) is 5.10 Å². The smallest absolute Gasteiger partial charge is 0.220 e. The zero-order valence-electron chi connectivity index (χ0n) is 17.3. The van der Waals surface area contributed by atoms with Crippen molar-refractivity contribution in [1.29, 1.82) is 0 Å². The van der Waals surface area contributed by atoms with Crippen LogP contribution in [-0.4, -0.2) is 45.3 Å². The van der Waals surface area contributed by atoms with Gasteiger partial charge in [0.2, 0.25) is 5.90 Å². The van der Waals surface area contributed by atoms with Crippen LogP contribution < -0.4 is 15.5 Å². The van der Waals surface area contributed by atoms with Crippen molar-refractivity contribution < 1.29 is 9.57 Å². The molecule has 0 radical (unpaired) electrons. The quantitative estimate of drug-likeness (QED) is 0.367. The summed E-state index contributed by atoms with van der Waals surface area (Å²) in [5.41, 5.74) is 3.08. The highest BCUT2D eigenvalue weighted by atomic mass is 16.6. The number of allylic oxidation sites excluding steroid dienone is 1. The number of benzene rings is 1. The van der Waals surface area contributed by atoms with Crippen LogP contribution >= 0.6 is 0 Å². The summed E-state index contributed by atoms with van der Waals surface area (Å²) in [4.78, 5) is 20.1. The molecule has 30 heavy (non-hydrogen) atoms. The lowest BCUT2D eigenvalue weighted by Gasteiger charge is -2.39. The van der Waals surface area contributed by atoms with Gasteiger partial charge in [-0.2, -0.15) is 11.0 Å². The number of H-pyrrole nitrogens is 1. The molecule has 3 aromatic rings. The third kappa shape index (κ3) is 3.97. The Morgan fingerprint density at radius 3 is 2.80 bits per heavy atom. The third-order valence-electron chi connectivity index (χ3n) is 4.78. The first-order chi connectivity index (χ1) is 14.4. The predicted molar refractivity (Wildman–Crippen MR) is 116 cm³/mol. The van der Waals surface area contributed by atoms with Crippen molar-refractivity contribution in [3.8, 4) is 17.1 Å². The van der Waals surface area contributed by atoms with Crippen molar-refractivity contribution in [2.24, 2.45) is 16.8 Å². The van der Waals surface area contributed by atoms with Gasteiger partial charge in [-0.1, -0.05) is 6.58 Å². The molecule has 2 aromatic heterocycles. The molecule has 1 aliphatic heterocycles. The summed E-state index contributed by atoms with van der Waals surface area (Å²) in [6.45, 7) is 11.0. The van der Waals surface area contributed by atoms with Gasteiger partial charge >= 0.3 is 0 Å². The summed E-state index contributed by atoms with van der Waals surface area (Å²) in [6, 6.07) is 7.80. The minimum absolute atomic E-state index is 0.0959. The van der Waals surface area contributed by atoms with E-state index in [2.05, 4.69) is 36.6 Å². The largest absolute Gasteiger partial charge is 0.491 e. The maximum Gasteiger partial charge on any atom is 0.220 e. The molecule has 0 spiro atoms. The van der Waals surface area contributed by atoms with Gasteiger partial charge in [-0.05, 0) is 39.0 Å². The van der Waals surface area contributed by atoms with Crippen LogP contribution in [0, 0.1) is 5.92 Å². The molecule has 1 aromatic carbocycles. The Balaban J connectivity index is 1.57. The van der Waals surface area contributed by atoms with E-state index in [0.717, 1.165) is 33.9 Å². The van der Waals surface area contributed by atoms with Crippen molar-refractivity contribution in [2.45, 2.75) is 26.9 Å². The second-order valence-electron chi connectivity index (χ2n) is 7.61. The van der Waals surface area contributed by atoms with Crippen LogP contribution in [0.2, 0.25) is 0 Å². The minimum atomic E-state index is 0.0959. The van der Waals surface area contributed by atoms with E-state index in [9.17, 15) is 0 Å². The van der Waals surface area contributed by atoms with E-state index in [0.29, 0.717) is 24.7 Å². The summed E-state index contributed by atoms with van der Waals surface area (Å²) in [6.07, 6.45) is 1.65. The highest BCUT2D eigenvalue weighted by Crippen LogP contribution is 2.31. The number of nitrogens with two attached hydrogens (primary N) is 1. The van der Waals surface area contributed by atoms with Gasteiger partial charge in [-0.25, -0.2) is 15.0 Å². The highest BCUT2D eigenvalue weighted by molar-refractivity contribution is 5.93. The van der Waals surface area contributed by atoms with Gasteiger partial charge in [0.05, 0.1) is 23.2 Å². The molecule has 0 bridgehead atoms. The molecule has 0 atom stereocenters. The number of nitrogens with one attached hydrogen (secondary N) is 1. The Morgan fingerprint density at radius 2 is 2.10 bits per heavy atom. The summed E-state index contributed by atoms with van der Waals surface area (Å²) < 4.78 is 5.82. The fourth-order valence-corrected chi connectivity index (χ4v) is 3.41. The van der Waals surface area contributed by atoms with Crippen molar-refractivity contribution in [3.05, 3.63) is 42.9 Å². The summed E-state index contributed by atoms with van der Waals surface area (Å²) in [7, 11) is 0. The Bertz CT molecular complexity index is 1100. The van der Waals surface area contributed by atoms with Crippen LogP contribution in [0.3, 0.4) is 0 Å². The molecule has 3 N–H and O–H groups in total. The third-order valence-corrected chi connectivity index (χ3v) is 4.78. The van der Waals surface area contributed by atoms with Crippen LogP contribution in [0.4, 0.5) is 5.82 Å². The molecule has 3 heterocycles. The van der Waals surface area contributed by atoms with E-state index in [1.165, 1.54) is 0 Å². The molecule has 0 unspecified atom stereocenters. The van der Waals surface area contributed by atoms with Crippen molar-refractivity contribution in [3.63, 3.8) is 0 Å². The number of aromatic nitrogens is 4. The lowest BCUT2D eigenvalue weighted by Crippen LogP contribution is -2.51. The van der Waals surface area contributed by atoms with Crippen LogP contribution in [0.25, 0.3) is 22.3 Å². The van der Waals surface area contributed by atoms with E-state index in [-0.39, 0.29) is 12.0 Å². The van der Waals surface area contributed by atoms with Gasteiger partial charge in [-0.15, -0.1) is 0 Å². The summed E-state index contributed by atoms with van der Waals surface area (Å²) in [5.74, 6) is 7.57. The molecule has 0 amide bonds. The zero-order chi connectivity index (χ0) is 21.3. The van der Waals surface area contributed by atoms with Crippen molar-refractivity contribution >= 4 is 22.6 Å². The van der Waals surface area contributed by atoms with E-state index < -0.39 is 0 Å². The Morgan fingerprint density at radius 1 is 1.30 bits per heavy atom. The molecule has 1 aliphatic rings. The molecular formula is C21H25N7O2. The molecular weight excluding hydrogens is 382 g/mol. The number of hydrogen-bond acceptors (Lipinski definition) is 8. The van der Waals surface area contributed by atoms with Gasteiger partial charge in [0.1, 0.15) is 23.6 Å². The number of anilines is 1. The maximum absolute atomic E-state index is 5.82. The summed E-state index contributed by atoms with van der Waals surface area (Å²) >= 11 is 0. The van der Waals surface area contributed by atoms with Crippen molar-refractivity contribution in [2.75, 3.05) is 18.0 Å². The Kier molecular flexibility index (Phi) is 5.37. The monoisotopic (exact) mass is 407 g/mol. The molecule has 1 fully saturated rings. The summed E-state index contributed by atoms with van der Waals surface area (Å²) in [5, 5.41) is 8.47. The number of fused-ring (bicyclic) bond motifs is 1. The van der Waals surface area contributed by atoms with E-state index in [1.807, 2.05) is 38.1 Å². The predicted octanol–water partition coefficient (Wildman–Crippen LogP) is 3.07. The number of nitrogens with zero attached hydrogens (tertiary/aromatic N) is 5. The fourth-order valence-electron chi connectivity index (χ4n) is 3.41. The number of hydrogen-bond donors (Lipinski definition) is 2. The molecule has 9 heteroatoms. The van der Waals surface area contributed by atoms with Gasteiger partial charge < -0.3 is 14.5 Å². The van der Waals surface area contributed by atoms with Crippen LogP contribution in [0.15, 0.2) is 47.9 Å². The minimum Gasteiger partial charge on any atom is -0.491 e. The number of aliphatic imine (C=N–C) groups is 1. The topological polar surface area (TPSA) is 115 Å². The average Bonchev–Trinajstić information content (AvgIpc) is 3.08. The fraction of sp³-hybridized carbons (Fsp3) is 0.333. The second kappa shape index (κ2) is 8.11. The van der Waals surface area contributed by atoms with Gasteiger partial charge in [0.15, 0.2) is 0 Å². The SMILES string of the molecule is C=C(C)N=C(ON)C1CN(c2cc(-c3n[nH]c4ccc(OC(C)C)cc34)ncn2)C1. The van der Waals surface area contributed by atoms with Crippen LogP contribution in [0.5, 0.6) is 5.75 Å². The zero-order valence-corrected chi connectivity index (χ0v) is 17.3. The molecule has 156 valence electrons. The second-order valence-corrected chi connectivity index (χ2v) is 7.61. The standard InChI is InChI=1S/C21H25N7O2/c1-12(2)25-21(30-22)14-9-28(10-14)19-8-18(23-11-24-19)20-16-7-15(29-13(3)4)5-6-17(16)26-27-20/h5-8,11,13-14H,1,9-10,22H2,2-4H3,(H,26,27). The number of aromatic amines is 1. The lowest BCUT2D eigenvalue weighted by molar-refractivity contribution is 0.243. The van der Waals surface area contributed by atoms with E-state index in [4.69, 9.17) is 15.5 Å². The Labute approximate surface area is 174 Å². The van der Waals surface area contributed by atoms with E-state index in [1.54, 1.807) is 13.3 Å². The molecule has 1 saturated heterocycles. The highest BCUT2D eigenvalue weighted by Gasteiger charge is 2.33. The van der Waals surface area contributed by atoms with Gasteiger partial charge in [0, 0.05) is 30.2 Å². The maximum atomic E-state index is 5.82. The van der Waals surface area contributed by atoms with Crippen molar-refractivity contribution in [1.82, 2.24) is 20.2 Å². The Hall–Kier alpha value is -3.46. The molecule has 9 nitrogen and oxygen atoms in total. The normalized spacial score (nSPS) is 14.8. The first kappa shape index (κ1) is 19.8. The van der Waals surface area contributed by atoms with E-state index >= 15 is 0 Å². The lowest BCUT2D eigenvalue weighted by atomic mass is 10.00. The molecule has 0 aliphatic carbocycles.